The van der Waals surface area contributed by atoms with Crippen LogP contribution in [0.25, 0.3) is 0 Å². The van der Waals surface area contributed by atoms with Crippen LogP contribution in [-0.4, -0.2) is 16.7 Å². The Morgan fingerprint density at radius 3 is 2.64 bits per heavy atom. The highest BCUT2D eigenvalue weighted by Gasteiger charge is 2.04. The molecular formula is C20H19N3O2. The average molecular weight is 333 g/mol. The SMILES string of the molecule is Cn1cccc1CC(=O)NN=Cc1cccc(Oc2ccccc2)c1. The molecule has 0 unspecified atom stereocenters. The van der Waals surface area contributed by atoms with Crippen molar-refractivity contribution in [1.82, 2.24) is 9.99 Å². The van der Waals surface area contributed by atoms with Crippen LogP contribution in [0.1, 0.15) is 11.3 Å². The van der Waals surface area contributed by atoms with Gasteiger partial charge in [0, 0.05) is 18.9 Å². The molecule has 1 aromatic heterocycles. The van der Waals surface area contributed by atoms with Crippen molar-refractivity contribution >= 4 is 12.1 Å². The van der Waals surface area contributed by atoms with Crippen LogP contribution in [0.4, 0.5) is 0 Å². The van der Waals surface area contributed by atoms with Crippen LogP contribution >= 0.6 is 0 Å². The van der Waals surface area contributed by atoms with Crippen molar-refractivity contribution in [3.05, 3.63) is 84.2 Å². The van der Waals surface area contributed by atoms with Crippen LogP contribution in [0, 0.1) is 0 Å². The maximum atomic E-state index is 11.9. The molecule has 3 aromatic rings. The molecule has 3 rings (SSSR count). The highest BCUT2D eigenvalue weighted by atomic mass is 16.5. The number of amides is 1. The number of carbonyl (C=O) groups is 1. The molecule has 0 spiro atoms. The maximum absolute atomic E-state index is 11.9. The van der Waals surface area contributed by atoms with Crippen LogP contribution in [0.5, 0.6) is 11.5 Å². The van der Waals surface area contributed by atoms with E-state index in [0.29, 0.717) is 5.75 Å². The first kappa shape index (κ1) is 16.5. The summed E-state index contributed by atoms with van der Waals surface area (Å²) in [6.07, 6.45) is 3.79. The number of rotatable bonds is 6. The number of hydrogen-bond donors (Lipinski definition) is 1. The molecular weight excluding hydrogens is 314 g/mol. The highest BCUT2D eigenvalue weighted by molar-refractivity contribution is 5.83. The van der Waals surface area contributed by atoms with Gasteiger partial charge in [-0.1, -0.05) is 30.3 Å². The van der Waals surface area contributed by atoms with Crippen molar-refractivity contribution < 1.29 is 9.53 Å². The van der Waals surface area contributed by atoms with E-state index in [1.54, 1.807) is 6.21 Å². The summed E-state index contributed by atoms with van der Waals surface area (Å²) in [5, 5.41) is 4.01. The van der Waals surface area contributed by atoms with Gasteiger partial charge in [-0.15, -0.1) is 0 Å². The standard InChI is InChI=1S/C20H19N3O2/c1-23-12-6-8-17(23)14-20(24)22-21-15-16-7-5-11-19(13-16)25-18-9-3-2-4-10-18/h2-13,15H,14H2,1H3,(H,22,24). The Labute approximate surface area is 146 Å². The number of nitrogens with zero attached hydrogens (tertiary/aromatic N) is 2. The fourth-order valence-electron chi connectivity index (χ4n) is 2.35. The second kappa shape index (κ2) is 7.97. The predicted octanol–water partition coefficient (Wildman–Crippen LogP) is 3.51. The molecule has 1 N–H and O–H groups in total. The lowest BCUT2D eigenvalue weighted by Gasteiger charge is -2.06. The van der Waals surface area contributed by atoms with E-state index in [1.807, 2.05) is 84.5 Å². The average Bonchev–Trinajstić information content (AvgIpc) is 3.01. The van der Waals surface area contributed by atoms with Crippen molar-refractivity contribution in [2.45, 2.75) is 6.42 Å². The van der Waals surface area contributed by atoms with E-state index in [-0.39, 0.29) is 12.3 Å². The van der Waals surface area contributed by atoms with Crippen LogP contribution in [-0.2, 0) is 18.3 Å². The maximum Gasteiger partial charge on any atom is 0.245 e. The van der Waals surface area contributed by atoms with Gasteiger partial charge in [0.15, 0.2) is 0 Å². The van der Waals surface area contributed by atoms with Gasteiger partial charge in [-0.25, -0.2) is 5.43 Å². The number of aryl methyl sites for hydroxylation is 1. The normalized spacial score (nSPS) is 10.8. The lowest BCUT2D eigenvalue weighted by Crippen LogP contribution is -2.20. The Morgan fingerprint density at radius 2 is 1.88 bits per heavy atom. The van der Waals surface area contributed by atoms with Gasteiger partial charge in [0.1, 0.15) is 11.5 Å². The third-order valence-electron chi connectivity index (χ3n) is 3.63. The van der Waals surface area contributed by atoms with Crippen LogP contribution in [0.2, 0.25) is 0 Å². The van der Waals surface area contributed by atoms with E-state index in [9.17, 15) is 4.79 Å². The van der Waals surface area contributed by atoms with E-state index in [4.69, 9.17) is 4.74 Å². The zero-order chi connectivity index (χ0) is 17.5. The van der Waals surface area contributed by atoms with Crippen molar-refractivity contribution in [3.63, 3.8) is 0 Å². The predicted molar refractivity (Wildman–Crippen MR) is 97.8 cm³/mol. The van der Waals surface area contributed by atoms with Gasteiger partial charge >= 0.3 is 0 Å². The molecule has 0 aliphatic rings. The number of ether oxygens (including phenoxy) is 1. The number of para-hydroxylation sites is 1. The number of hydrazone groups is 1. The quantitative estimate of drug-likeness (QED) is 0.554. The largest absolute Gasteiger partial charge is 0.457 e. The number of hydrogen-bond acceptors (Lipinski definition) is 3. The molecule has 5 nitrogen and oxygen atoms in total. The molecule has 5 heteroatoms. The molecule has 1 amide bonds. The van der Waals surface area contributed by atoms with E-state index < -0.39 is 0 Å². The van der Waals surface area contributed by atoms with Crippen molar-refractivity contribution in [2.24, 2.45) is 12.1 Å². The molecule has 25 heavy (non-hydrogen) atoms. The minimum Gasteiger partial charge on any atom is -0.457 e. The number of benzene rings is 2. The minimum atomic E-state index is -0.158. The summed E-state index contributed by atoms with van der Waals surface area (Å²) >= 11 is 0. The Bertz CT molecular complexity index is 869. The second-order valence-electron chi connectivity index (χ2n) is 5.57. The molecule has 0 radical (unpaired) electrons. The molecule has 0 saturated carbocycles. The summed E-state index contributed by atoms with van der Waals surface area (Å²) in [6, 6.07) is 20.9. The number of carbonyl (C=O) groups excluding carboxylic acids is 1. The first-order chi connectivity index (χ1) is 12.2. The van der Waals surface area contributed by atoms with Gasteiger partial charge in [0.2, 0.25) is 5.91 Å². The smallest absolute Gasteiger partial charge is 0.245 e. The fourth-order valence-corrected chi connectivity index (χ4v) is 2.35. The molecule has 0 aliphatic carbocycles. The molecule has 0 atom stereocenters. The van der Waals surface area contributed by atoms with E-state index in [0.717, 1.165) is 17.0 Å². The third-order valence-corrected chi connectivity index (χ3v) is 3.63. The summed E-state index contributed by atoms with van der Waals surface area (Å²) in [7, 11) is 1.91. The zero-order valence-electron chi connectivity index (χ0n) is 13.9. The van der Waals surface area contributed by atoms with Gasteiger partial charge in [-0.05, 0) is 42.0 Å². The van der Waals surface area contributed by atoms with Gasteiger partial charge in [-0.2, -0.15) is 5.10 Å². The second-order valence-corrected chi connectivity index (χ2v) is 5.57. The Morgan fingerprint density at radius 1 is 1.08 bits per heavy atom. The summed E-state index contributed by atoms with van der Waals surface area (Å²) in [5.41, 5.74) is 4.32. The third kappa shape index (κ3) is 4.81. The Balaban J connectivity index is 1.57. The van der Waals surface area contributed by atoms with Crippen molar-refractivity contribution in [2.75, 3.05) is 0 Å². The number of nitrogens with one attached hydrogen (secondary N) is 1. The number of aromatic nitrogens is 1. The molecule has 126 valence electrons. The van der Waals surface area contributed by atoms with Crippen molar-refractivity contribution in [1.29, 1.82) is 0 Å². The summed E-state index contributed by atoms with van der Waals surface area (Å²) in [5.74, 6) is 1.33. The zero-order valence-corrected chi connectivity index (χ0v) is 13.9. The van der Waals surface area contributed by atoms with Gasteiger partial charge in [-0.3, -0.25) is 4.79 Å². The minimum absolute atomic E-state index is 0.158. The van der Waals surface area contributed by atoms with Gasteiger partial charge in [0.05, 0.1) is 12.6 Å². The summed E-state index contributed by atoms with van der Waals surface area (Å²) in [4.78, 5) is 11.9. The van der Waals surface area contributed by atoms with E-state index >= 15 is 0 Å². The monoisotopic (exact) mass is 333 g/mol. The molecule has 0 bridgehead atoms. The first-order valence-corrected chi connectivity index (χ1v) is 7.96. The summed E-state index contributed by atoms with van der Waals surface area (Å²) < 4.78 is 7.69. The van der Waals surface area contributed by atoms with Crippen LogP contribution < -0.4 is 10.2 Å². The Hall–Kier alpha value is -3.34. The van der Waals surface area contributed by atoms with Crippen LogP contribution in [0.15, 0.2) is 78.0 Å². The Kier molecular flexibility index (Phi) is 5.26. The highest BCUT2D eigenvalue weighted by Crippen LogP contribution is 2.21. The summed E-state index contributed by atoms with van der Waals surface area (Å²) in [6.45, 7) is 0. The fraction of sp³-hybridized carbons (Fsp3) is 0.100. The lowest BCUT2D eigenvalue weighted by molar-refractivity contribution is -0.120. The lowest BCUT2D eigenvalue weighted by atomic mass is 10.2. The van der Waals surface area contributed by atoms with E-state index in [2.05, 4.69) is 10.5 Å². The molecule has 2 aromatic carbocycles. The van der Waals surface area contributed by atoms with Crippen LogP contribution in [0.3, 0.4) is 0 Å². The molecule has 1 heterocycles. The molecule has 0 saturated heterocycles. The first-order valence-electron chi connectivity index (χ1n) is 7.96. The van der Waals surface area contributed by atoms with Crippen molar-refractivity contribution in [3.8, 4) is 11.5 Å². The van der Waals surface area contributed by atoms with Gasteiger partial charge < -0.3 is 9.30 Å². The van der Waals surface area contributed by atoms with E-state index in [1.165, 1.54) is 0 Å². The van der Waals surface area contributed by atoms with Gasteiger partial charge in [0.25, 0.3) is 0 Å². The molecule has 0 aliphatic heterocycles. The topological polar surface area (TPSA) is 55.6 Å². The molecule has 0 fully saturated rings.